The summed E-state index contributed by atoms with van der Waals surface area (Å²) in [6, 6.07) is 11.3. The third kappa shape index (κ3) is 4.96. The Labute approximate surface area is 142 Å². The van der Waals surface area contributed by atoms with Gasteiger partial charge in [-0.2, -0.15) is 0 Å². The number of halogens is 1. The quantitative estimate of drug-likeness (QED) is 0.881. The smallest absolute Gasteiger partial charge is 0.318 e. The number of nitrogens with one attached hydrogen (secondary N) is 1. The van der Waals surface area contributed by atoms with Gasteiger partial charge in [0.25, 0.3) is 0 Å². The number of hydrogen-bond donors (Lipinski definition) is 1. The maximum atomic E-state index is 12.6. The summed E-state index contributed by atoms with van der Waals surface area (Å²) in [4.78, 5) is 18.4. The molecular weight excluding hydrogens is 310 g/mol. The van der Waals surface area contributed by atoms with Crippen LogP contribution in [0.4, 0.5) is 4.79 Å². The van der Waals surface area contributed by atoms with Crippen LogP contribution in [-0.2, 0) is 6.54 Å². The molecule has 0 radical (unpaired) electrons. The van der Waals surface area contributed by atoms with Crippen LogP contribution < -0.4 is 5.32 Å². The van der Waals surface area contributed by atoms with Crippen molar-refractivity contribution < 1.29 is 4.79 Å². The SMILES string of the molecule is CC(NC(=O)N(Cc1cccc(Cl)c1)C(C)C)c1ccncc1. The summed E-state index contributed by atoms with van der Waals surface area (Å²) < 4.78 is 0. The molecule has 2 rings (SSSR count). The predicted octanol–water partition coefficient (Wildman–Crippen LogP) is 4.42. The van der Waals surface area contributed by atoms with Crippen LogP contribution in [0, 0.1) is 0 Å². The summed E-state index contributed by atoms with van der Waals surface area (Å²) in [5, 5.41) is 3.72. The minimum atomic E-state index is -0.0933. The first kappa shape index (κ1) is 17.3. The van der Waals surface area contributed by atoms with E-state index in [9.17, 15) is 4.79 Å². The molecule has 1 aromatic heterocycles. The van der Waals surface area contributed by atoms with Crippen LogP contribution in [0.1, 0.15) is 37.9 Å². The molecule has 1 aromatic carbocycles. The van der Waals surface area contributed by atoms with Crippen molar-refractivity contribution in [1.82, 2.24) is 15.2 Å². The zero-order chi connectivity index (χ0) is 16.8. The molecule has 5 heteroatoms. The van der Waals surface area contributed by atoms with Gasteiger partial charge in [-0.1, -0.05) is 23.7 Å². The van der Waals surface area contributed by atoms with Gasteiger partial charge in [0.05, 0.1) is 6.04 Å². The maximum Gasteiger partial charge on any atom is 0.318 e. The second-order valence-electron chi connectivity index (χ2n) is 5.80. The molecule has 0 aliphatic rings. The second kappa shape index (κ2) is 7.97. The van der Waals surface area contributed by atoms with Crippen LogP contribution in [-0.4, -0.2) is 22.0 Å². The van der Waals surface area contributed by atoms with E-state index in [0.29, 0.717) is 11.6 Å². The number of hydrogen-bond acceptors (Lipinski definition) is 2. The molecule has 0 saturated carbocycles. The summed E-state index contributed by atoms with van der Waals surface area (Å²) in [6.45, 7) is 6.49. The number of carbonyl (C=O) groups excluding carboxylic acids is 1. The van der Waals surface area contributed by atoms with Crippen LogP contribution >= 0.6 is 11.6 Å². The number of aromatic nitrogens is 1. The van der Waals surface area contributed by atoms with Crippen LogP contribution in [0.2, 0.25) is 5.02 Å². The Kier molecular flexibility index (Phi) is 5.99. The van der Waals surface area contributed by atoms with Crippen molar-refractivity contribution >= 4 is 17.6 Å². The highest BCUT2D eigenvalue weighted by molar-refractivity contribution is 6.30. The first-order valence-corrected chi connectivity index (χ1v) is 8.06. The molecule has 0 spiro atoms. The van der Waals surface area contributed by atoms with E-state index < -0.39 is 0 Å². The summed E-state index contributed by atoms with van der Waals surface area (Å²) in [5.74, 6) is 0. The summed E-state index contributed by atoms with van der Waals surface area (Å²) in [6.07, 6.45) is 3.45. The second-order valence-corrected chi connectivity index (χ2v) is 6.24. The number of carbonyl (C=O) groups is 1. The number of benzene rings is 1. The molecular formula is C18H22ClN3O. The molecule has 1 atom stereocenters. The van der Waals surface area contributed by atoms with Crippen LogP contribution in [0.5, 0.6) is 0 Å². The van der Waals surface area contributed by atoms with Gasteiger partial charge in [-0.3, -0.25) is 4.98 Å². The molecule has 1 heterocycles. The van der Waals surface area contributed by atoms with Crippen molar-refractivity contribution in [3.63, 3.8) is 0 Å². The van der Waals surface area contributed by atoms with Crippen molar-refractivity contribution in [2.24, 2.45) is 0 Å². The lowest BCUT2D eigenvalue weighted by atomic mass is 10.1. The molecule has 0 aliphatic carbocycles. The summed E-state index contributed by atoms with van der Waals surface area (Å²) in [7, 11) is 0. The molecule has 0 saturated heterocycles. The highest BCUT2D eigenvalue weighted by atomic mass is 35.5. The van der Waals surface area contributed by atoms with E-state index in [0.717, 1.165) is 11.1 Å². The number of nitrogens with zero attached hydrogens (tertiary/aromatic N) is 2. The standard InChI is InChI=1S/C18H22ClN3O/c1-13(2)22(12-15-5-4-6-17(19)11-15)18(23)21-14(3)16-7-9-20-10-8-16/h4-11,13-14H,12H2,1-3H3,(H,21,23). The fourth-order valence-electron chi connectivity index (χ4n) is 2.32. The minimum Gasteiger partial charge on any atom is -0.331 e. The topological polar surface area (TPSA) is 45.2 Å². The Balaban J connectivity index is 2.06. The average molecular weight is 332 g/mol. The van der Waals surface area contributed by atoms with E-state index in [-0.39, 0.29) is 18.1 Å². The van der Waals surface area contributed by atoms with Gasteiger partial charge in [-0.25, -0.2) is 4.79 Å². The van der Waals surface area contributed by atoms with Gasteiger partial charge in [0, 0.05) is 30.0 Å². The molecule has 0 fully saturated rings. The van der Waals surface area contributed by atoms with E-state index >= 15 is 0 Å². The fourth-order valence-corrected chi connectivity index (χ4v) is 2.54. The highest BCUT2D eigenvalue weighted by Crippen LogP contribution is 2.16. The normalized spacial score (nSPS) is 12.0. The zero-order valence-corrected chi connectivity index (χ0v) is 14.4. The maximum absolute atomic E-state index is 12.6. The van der Waals surface area contributed by atoms with Crippen molar-refractivity contribution in [3.05, 3.63) is 64.9 Å². The lowest BCUT2D eigenvalue weighted by molar-refractivity contribution is 0.176. The van der Waals surface area contributed by atoms with Gasteiger partial charge in [0.2, 0.25) is 0 Å². The van der Waals surface area contributed by atoms with Gasteiger partial charge in [0.15, 0.2) is 0 Å². The van der Waals surface area contributed by atoms with Gasteiger partial charge in [-0.05, 0) is 56.2 Å². The van der Waals surface area contributed by atoms with Gasteiger partial charge < -0.3 is 10.2 Å². The van der Waals surface area contributed by atoms with Crippen molar-refractivity contribution in [2.45, 2.75) is 39.4 Å². The van der Waals surface area contributed by atoms with E-state index in [1.54, 1.807) is 17.3 Å². The van der Waals surface area contributed by atoms with E-state index in [1.807, 2.05) is 57.2 Å². The van der Waals surface area contributed by atoms with Crippen molar-refractivity contribution in [3.8, 4) is 0 Å². The summed E-state index contributed by atoms with van der Waals surface area (Å²) in [5.41, 5.74) is 2.04. The zero-order valence-electron chi connectivity index (χ0n) is 13.7. The highest BCUT2D eigenvalue weighted by Gasteiger charge is 2.19. The lowest BCUT2D eigenvalue weighted by Gasteiger charge is -2.29. The molecule has 0 bridgehead atoms. The molecule has 122 valence electrons. The van der Waals surface area contributed by atoms with Crippen LogP contribution in [0.15, 0.2) is 48.8 Å². The number of urea groups is 1. The fraction of sp³-hybridized carbons (Fsp3) is 0.333. The third-order valence-corrected chi connectivity index (χ3v) is 3.91. The van der Waals surface area contributed by atoms with E-state index in [2.05, 4.69) is 10.3 Å². The summed E-state index contributed by atoms with van der Waals surface area (Å²) >= 11 is 6.03. The Bertz CT molecular complexity index is 646. The molecule has 23 heavy (non-hydrogen) atoms. The number of rotatable bonds is 5. The Morgan fingerprint density at radius 2 is 1.91 bits per heavy atom. The van der Waals surface area contributed by atoms with Gasteiger partial charge in [0.1, 0.15) is 0 Å². The minimum absolute atomic E-state index is 0.0777. The molecule has 1 N–H and O–H groups in total. The first-order chi connectivity index (χ1) is 11.0. The monoisotopic (exact) mass is 331 g/mol. The lowest BCUT2D eigenvalue weighted by Crippen LogP contribution is -2.44. The third-order valence-electron chi connectivity index (χ3n) is 3.67. The Hall–Kier alpha value is -2.07. The van der Waals surface area contributed by atoms with Crippen LogP contribution in [0.3, 0.4) is 0 Å². The first-order valence-electron chi connectivity index (χ1n) is 7.69. The largest absolute Gasteiger partial charge is 0.331 e. The van der Waals surface area contributed by atoms with Crippen LogP contribution in [0.25, 0.3) is 0 Å². The molecule has 1 unspecified atom stereocenters. The molecule has 2 amide bonds. The molecule has 4 nitrogen and oxygen atoms in total. The Morgan fingerprint density at radius 1 is 1.22 bits per heavy atom. The molecule has 2 aromatic rings. The van der Waals surface area contributed by atoms with Gasteiger partial charge >= 0.3 is 6.03 Å². The average Bonchev–Trinajstić information content (AvgIpc) is 2.53. The predicted molar refractivity (Wildman–Crippen MR) is 93.3 cm³/mol. The van der Waals surface area contributed by atoms with Gasteiger partial charge in [-0.15, -0.1) is 0 Å². The number of amides is 2. The Morgan fingerprint density at radius 3 is 2.52 bits per heavy atom. The van der Waals surface area contributed by atoms with E-state index in [1.165, 1.54) is 0 Å². The number of pyridine rings is 1. The van der Waals surface area contributed by atoms with Crippen molar-refractivity contribution in [2.75, 3.05) is 0 Å². The van der Waals surface area contributed by atoms with E-state index in [4.69, 9.17) is 11.6 Å². The molecule has 0 aliphatic heterocycles. The van der Waals surface area contributed by atoms with Crippen molar-refractivity contribution in [1.29, 1.82) is 0 Å².